The molecule has 1 saturated carbocycles. The van der Waals surface area contributed by atoms with Gasteiger partial charge >= 0.3 is 0 Å². The molecule has 1 aromatic carbocycles. The third-order valence-electron chi connectivity index (χ3n) is 4.18. The van der Waals surface area contributed by atoms with E-state index in [1.807, 2.05) is 13.8 Å². The number of halogens is 2. The number of nitrogens with zero attached hydrogens (tertiary/aromatic N) is 1. The van der Waals surface area contributed by atoms with Gasteiger partial charge in [-0.05, 0) is 36.5 Å². The molecule has 0 aliphatic heterocycles. The van der Waals surface area contributed by atoms with E-state index in [-0.39, 0.29) is 5.69 Å². The second-order valence-electron chi connectivity index (χ2n) is 6.47. The molecule has 21 heavy (non-hydrogen) atoms. The van der Waals surface area contributed by atoms with E-state index in [0.717, 1.165) is 6.54 Å². The Kier molecular flexibility index (Phi) is 5.57. The lowest BCUT2D eigenvalue weighted by atomic mass is 10.1. The van der Waals surface area contributed by atoms with E-state index in [9.17, 15) is 8.78 Å². The molecule has 0 amide bonds. The monoisotopic (exact) mass is 296 g/mol. The highest BCUT2D eigenvalue weighted by molar-refractivity contribution is 5.50. The van der Waals surface area contributed by atoms with Crippen LogP contribution in [0.3, 0.4) is 0 Å². The van der Waals surface area contributed by atoms with Crippen molar-refractivity contribution in [2.24, 2.45) is 5.92 Å². The number of hydrogen-bond donors (Lipinski definition) is 1. The molecule has 1 aliphatic carbocycles. The fourth-order valence-electron chi connectivity index (χ4n) is 3.08. The molecular formula is C17H26F2N2. The summed E-state index contributed by atoms with van der Waals surface area (Å²) in [6.45, 7) is 5.24. The van der Waals surface area contributed by atoms with Gasteiger partial charge in [-0.15, -0.1) is 0 Å². The van der Waals surface area contributed by atoms with E-state index in [1.165, 1.54) is 37.8 Å². The molecule has 118 valence electrons. The normalized spacial score (nSPS) is 15.9. The Bertz CT molecular complexity index is 445. The standard InChI is InChI=1S/C17H26F2N2/c1-12(2)20-10-14-8-15(18)17(16(19)9-14)21(3)11-13-6-4-5-7-13/h8-9,12-13,20H,4-7,10-11H2,1-3H3. The van der Waals surface area contributed by atoms with Crippen LogP contribution in [0.1, 0.15) is 45.1 Å². The van der Waals surface area contributed by atoms with Crippen LogP contribution in [0, 0.1) is 17.6 Å². The predicted molar refractivity (Wildman–Crippen MR) is 83.6 cm³/mol. The molecule has 1 N–H and O–H groups in total. The Morgan fingerprint density at radius 2 is 1.76 bits per heavy atom. The molecule has 0 saturated heterocycles. The van der Waals surface area contributed by atoms with Crippen LogP contribution in [0.25, 0.3) is 0 Å². The van der Waals surface area contributed by atoms with Crippen molar-refractivity contribution in [1.82, 2.24) is 5.32 Å². The fourth-order valence-corrected chi connectivity index (χ4v) is 3.08. The minimum absolute atomic E-state index is 0.107. The van der Waals surface area contributed by atoms with E-state index in [4.69, 9.17) is 0 Å². The zero-order chi connectivity index (χ0) is 15.4. The van der Waals surface area contributed by atoms with Gasteiger partial charge in [0, 0.05) is 26.2 Å². The fraction of sp³-hybridized carbons (Fsp3) is 0.647. The maximum atomic E-state index is 14.3. The average Bonchev–Trinajstić information content (AvgIpc) is 2.88. The Morgan fingerprint density at radius 3 is 2.29 bits per heavy atom. The summed E-state index contributed by atoms with van der Waals surface area (Å²) in [5.41, 5.74) is 0.756. The van der Waals surface area contributed by atoms with Crippen molar-refractivity contribution in [3.63, 3.8) is 0 Å². The first-order valence-corrected chi connectivity index (χ1v) is 7.89. The highest BCUT2D eigenvalue weighted by Gasteiger charge is 2.21. The molecule has 0 radical (unpaired) electrons. The lowest BCUT2D eigenvalue weighted by Crippen LogP contribution is -2.26. The molecule has 2 rings (SSSR count). The van der Waals surface area contributed by atoms with E-state index >= 15 is 0 Å². The van der Waals surface area contributed by atoms with Gasteiger partial charge in [-0.25, -0.2) is 8.78 Å². The van der Waals surface area contributed by atoms with E-state index in [2.05, 4.69) is 5.32 Å². The molecule has 1 aromatic rings. The molecule has 0 heterocycles. The highest BCUT2D eigenvalue weighted by atomic mass is 19.1. The number of hydrogen-bond acceptors (Lipinski definition) is 2. The van der Waals surface area contributed by atoms with Crippen LogP contribution in [0.4, 0.5) is 14.5 Å². The van der Waals surface area contributed by atoms with Crippen LogP contribution in [0.5, 0.6) is 0 Å². The molecule has 1 aliphatic rings. The first-order chi connectivity index (χ1) is 9.97. The van der Waals surface area contributed by atoms with Gasteiger partial charge in [0.2, 0.25) is 0 Å². The summed E-state index contributed by atoms with van der Waals surface area (Å²) in [6, 6.07) is 3.18. The Hall–Kier alpha value is -1.16. The third-order valence-corrected chi connectivity index (χ3v) is 4.18. The summed E-state index contributed by atoms with van der Waals surface area (Å²) in [7, 11) is 1.78. The second kappa shape index (κ2) is 7.21. The molecule has 0 bridgehead atoms. The number of anilines is 1. The highest BCUT2D eigenvalue weighted by Crippen LogP contribution is 2.29. The van der Waals surface area contributed by atoms with Crippen molar-refractivity contribution in [3.05, 3.63) is 29.3 Å². The van der Waals surface area contributed by atoms with Gasteiger partial charge in [0.05, 0.1) is 0 Å². The molecular weight excluding hydrogens is 270 g/mol. The summed E-state index contributed by atoms with van der Waals surface area (Å²) in [4.78, 5) is 1.74. The van der Waals surface area contributed by atoms with Crippen LogP contribution in [0.2, 0.25) is 0 Å². The van der Waals surface area contributed by atoms with E-state index in [1.54, 1.807) is 11.9 Å². The SMILES string of the molecule is CC(C)NCc1cc(F)c(N(C)CC2CCCC2)c(F)c1. The van der Waals surface area contributed by atoms with Gasteiger partial charge in [0.15, 0.2) is 0 Å². The smallest absolute Gasteiger partial charge is 0.149 e. The number of rotatable bonds is 6. The number of nitrogens with one attached hydrogen (secondary N) is 1. The first-order valence-electron chi connectivity index (χ1n) is 7.89. The van der Waals surface area contributed by atoms with Crippen molar-refractivity contribution in [3.8, 4) is 0 Å². The Balaban J connectivity index is 2.08. The van der Waals surface area contributed by atoms with Gasteiger partial charge < -0.3 is 10.2 Å². The van der Waals surface area contributed by atoms with Gasteiger partial charge in [-0.1, -0.05) is 26.7 Å². The first kappa shape index (κ1) is 16.2. The Morgan fingerprint density at radius 1 is 1.19 bits per heavy atom. The molecule has 1 fully saturated rings. The molecule has 2 nitrogen and oxygen atoms in total. The van der Waals surface area contributed by atoms with Crippen LogP contribution < -0.4 is 10.2 Å². The van der Waals surface area contributed by atoms with Crippen molar-refractivity contribution >= 4 is 5.69 Å². The molecule has 0 unspecified atom stereocenters. The van der Waals surface area contributed by atoms with Gasteiger partial charge in [-0.3, -0.25) is 0 Å². The quantitative estimate of drug-likeness (QED) is 0.850. The van der Waals surface area contributed by atoms with Crippen molar-refractivity contribution in [1.29, 1.82) is 0 Å². The van der Waals surface area contributed by atoms with Gasteiger partial charge in [-0.2, -0.15) is 0 Å². The van der Waals surface area contributed by atoms with E-state index in [0.29, 0.717) is 24.1 Å². The third kappa shape index (κ3) is 4.40. The van der Waals surface area contributed by atoms with Crippen LogP contribution in [-0.2, 0) is 6.54 Å². The molecule has 0 atom stereocenters. The van der Waals surface area contributed by atoms with Gasteiger partial charge in [0.25, 0.3) is 0 Å². The molecule has 0 aromatic heterocycles. The zero-order valence-corrected chi connectivity index (χ0v) is 13.3. The summed E-state index contributed by atoms with van der Waals surface area (Å²) >= 11 is 0. The largest absolute Gasteiger partial charge is 0.370 e. The average molecular weight is 296 g/mol. The maximum Gasteiger partial charge on any atom is 0.149 e. The lowest BCUT2D eigenvalue weighted by molar-refractivity contribution is 0.521. The second-order valence-corrected chi connectivity index (χ2v) is 6.47. The maximum absolute atomic E-state index is 14.3. The Labute approximate surface area is 126 Å². The number of benzene rings is 1. The topological polar surface area (TPSA) is 15.3 Å². The van der Waals surface area contributed by atoms with Crippen LogP contribution >= 0.6 is 0 Å². The molecule has 0 spiro atoms. The predicted octanol–water partition coefficient (Wildman–Crippen LogP) is 4.09. The molecule has 4 heteroatoms. The minimum Gasteiger partial charge on any atom is -0.370 e. The lowest BCUT2D eigenvalue weighted by Gasteiger charge is -2.24. The van der Waals surface area contributed by atoms with Crippen LogP contribution in [0.15, 0.2) is 12.1 Å². The van der Waals surface area contributed by atoms with Crippen molar-refractivity contribution in [2.45, 2.75) is 52.1 Å². The summed E-state index contributed by atoms with van der Waals surface area (Å²) in [6.07, 6.45) is 4.82. The van der Waals surface area contributed by atoms with Gasteiger partial charge in [0.1, 0.15) is 17.3 Å². The van der Waals surface area contributed by atoms with Crippen molar-refractivity contribution < 1.29 is 8.78 Å². The summed E-state index contributed by atoms with van der Waals surface area (Å²) in [5, 5.41) is 3.18. The zero-order valence-electron chi connectivity index (χ0n) is 13.3. The van der Waals surface area contributed by atoms with Crippen molar-refractivity contribution in [2.75, 3.05) is 18.5 Å². The minimum atomic E-state index is -0.462. The summed E-state index contributed by atoms with van der Waals surface area (Å²) < 4.78 is 28.5. The summed E-state index contributed by atoms with van der Waals surface area (Å²) in [5.74, 6) is -0.358. The van der Waals surface area contributed by atoms with E-state index < -0.39 is 11.6 Å². The van der Waals surface area contributed by atoms with Crippen LogP contribution in [-0.4, -0.2) is 19.6 Å².